The number of unbranched alkanes of at least 4 members (excludes halogenated alkanes) is 2. The van der Waals surface area contributed by atoms with Crippen molar-refractivity contribution in [2.75, 3.05) is 41.3 Å². The highest BCUT2D eigenvalue weighted by molar-refractivity contribution is 5.14. The van der Waals surface area contributed by atoms with Crippen LogP contribution in [-0.2, 0) is 13.1 Å². The number of benzene rings is 2. The van der Waals surface area contributed by atoms with Gasteiger partial charge in [0, 0.05) is 11.1 Å². The van der Waals surface area contributed by atoms with Crippen LogP contribution in [0, 0.1) is 0 Å². The van der Waals surface area contributed by atoms with Gasteiger partial charge in [0.1, 0.15) is 13.1 Å². The van der Waals surface area contributed by atoms with Crippen LogP contribution in [0.2, 0.25) is 0 Å². The van der Waals surface area contributed by atoms with Crippen LogP contribution in [0.4, 0.5) is 0 Å². The normalized spacial score (nSPS) is 12.3. The maximum Gasteiger partial charge on any atom is 0.104 e. The molecule has 0 spiro atoms. The van der Waals surface area contributed by atoms with Crippen molar-refractivity contribution in [1.82, 2.24) is 0 Å². The molecule has 0 aliphatic carbocycles. The first-order valence-corrected chi connectivity index (χ1v) is 9.58. The molecular formula is C23H36N2+2. The molecule has 2 heteroatoms. The Morgan fingerprint density at radius 3 is 1.24 bits per heavy atom. The predicted molar refractivity (Wildman–Crippen MR) is 108 cm³/mol. The van der Waals surface area contributed by atoms with Crippen molar-refractivity contribution in [3.05, 3.63) is 71.8 Å². The first-order valence-electron chi connectivity index (χ1n) is 9.58. The van der Waals surface area contributed by atoms with E-state index in [1.165, 1.54) is 43.5 Å². The molecule has 25 heavy (non-hydrogen) atoms. The maximum absolute atomic E-state index is 2.35. The lowest BCUT2D eigenvalue weighted by Gasteiger charge is -2.31. The first-order chi connectivity index (χ1) is 11.9. The standard InChI is InChI=1S/C23H36N2/c1-24(2,20-22-14-8-5-9-15-22)18-12-7-13-19-25(3,4)21-23-16-10-6-11-17-23/h5-6,8-11,14-17H,7,12-13,18-21H2,1-4H3/q+2. The zero-order chi connectivity index (χ0) is 18.2. The molecule has 2 nitrogen and oxygen atoms in total. The van der Waals surface area contributed by atoms with Crippen LogP contribution >= 0.6 is 0 Å². The van der Waals surface area contributed by atoms with E-state index in [0.29, 0.717) is 0 Å². The second-order valence-corrected chi connectivity index (χ2v) is 8.67. The topological polar surface area (TPSA) is 0 Å². The molecule has 0 atom stereocenters. The van der Waals surface area contributed by atoms with Crippen LogP contribution in [0.15, 0.2) is 60.7 Å². The molecule has 0 aromatic heterocycles. The summed E-state index contributed by atoms with van der Waals surface area (Å²) >= 11 is 0. The second-order valence-electron chi connectivity index (χ2n) is 8.67. The fourth-order valence-electron chi connectivity index (χ4n) is 3.57. The van der Waals surface area contributed by atoms with Gasteiger partial charge in [-0.15, -0.1) is 0 Å². The van der Waals surface area contributed by atoms with Gasteiger partial charge in [-0.1, -0.05) is 60.7 Å². The van der Waals surface area contributed by atoms with Gasteiger partial charge in [-0.05, 0) is 19.3 Å². The summed E-state index contributed by atoms with van der Waals surface area (Å²) in [5.41, 5.74) is 2.88. The molecule has 0 N–H and O–H groups in total. The van der Waals surface area contributed by atoms with Gasteiger partial charge in [-0.2, -0.15) is 0 Å². The molecule has 0 aliphatic rings. The van der Waals surface area contributed by atoms with Gasteiger partial charge in [0.05, 0.1) is 41.3 Å². The monoisotopic (exact) mass is 340 g/mol. The molecule has 0 radical (unpaired) electrons. The number of rotatable bonds is 10. The van der Waals surface area contributed by atoms with Gasteiger partial charge in [0.25, 0.3) is 0 Å². The number of nitrogens with zero attached hydrogens (tertiary/aromatic N) is 2. The van der Waals surface area contributed by atoms with Gasteiger partial charge < -0.3 is 8.97 Å². The third kappa shape index (κ3) is 7.85. The fraction of sp³-hybridized carbons (Fsp3) is 0.478. The highest BCUT2D eigenvalue weighted by Gasteiger charge is 2.17. The van der Waals surface area contributed by atoms with Gasteiger partial charge >= 0.3 is 0 Å². The Morgan fingerprint density at radius 1 is 0.520 bits per heavy atom. The molecule has 0 fully saturated rings. The molecule has 0 saturated heterocycles. The van der Waals surface area contributed by atoms with E-state index in [0.717, 1.165) is 22.1 Å². The summed E-state index contributed by atoms with van der Waals surface area (Å²) in [6, 6.07) is 21.7. The minimum absolute atomic E-state index is 1.08. The predicted octanol–water partition coefficient (Wildman–Crippen LogP) is 4.71. The third-order valence-electron chi connectivity index (χ3n) is 4.93. The molecule has 136 valence electrons. The van der Waals surface area contributed by atoms with Gasteiger partial charge in [-0.3, -0.25) is 0 Å². The molecule has 0 bridgehead atoms. The van der Waals surface area contributed by atoms with E-state index in [4.69, 9.17) is 0 Å². The van der Waals surface area contributed by atoms with E-state index in [1.807, 2.05) is 0 Å². The van der Waals surface area contributed by atoms with Gasteiger partial charge in [0.2, 0.25) is 0 Å². The number of hydrogen-bond donors (Lipinski definition) is 0. The molecule has 2 rings (SSSR count). The average Bonchev–Trinajstić information content (AvgIpc) is 2.55. The van der Waals surface area contributed by atoms with E-state index in [-0.39, 0.29) is 0 Å². The van der Waals surface area contributed by atoms with Crippen molar-refractivity contribution >= 4 is 0 Å². The van der Waals surface area contributed by atoms with Crippen LogP contribution in [-0.4, -0.2) is 50.2 Å². The van der Waals surface area contributed by atoms with Crippen molar-refractivity contribution in [3.63, 3.8) is 0 Å². The first kappa shape index (κ1) is 19.7. The van der Waals surface area contributed by atoms with Crippen molar-refractivity contribution < 1.29 is 8.97 Å². The van der Waals surface area contributed by atoms with Crippen LogP contribution in [0.25, 0.3) is 0 Å². The summed E-state index contributed by atoms with van der Waals surface area (Å²) in [6.07, 6.45) is 3.95. The Kier molecular flexibility index (Phi) is 7.22. The molecule has 0 aliphatic heterocycles. The Balaban J connectivity index is 1.66. The van der Waals surface area contributed by atoms with E-state index in [9.17, 15) is 0 Å². The molecule has 0 saturated carbocycles. The zero-order valence-electron chi connectivity index (χ0n) is 16.6. The van der Waals surface area contributed by atoms with E-state index in [2.05, 4.69) is 88.9 Å². The van der Waals surface area contributed by atoms with Gasteiger partial charge in [-0.25, -0.2) is 0 Å². The molecule has 0 unspecified atom stereocenters. The molecule has 0 heterocycles. The second kappa shape index (κ2) is 9.17. The van der Waals surface area contributed by atoms with Crippen LogP contribution in [0.1, 0.15) is 30.4 Å². The SMILES string of the molecule is C[N+](C)(CCCCC[N+](C)(C)Cc1ccccc1)Cc1ccccc1. The lowest BCUT2D eigenvalue weighted by Crippen LogP contribution is -2.40. The zero-order valence-corrected chi connectivity index (χ0v) is 16.6. The maximum atomic E-state index is 2.35. The molecular weight excluding hydrogens is 304 g/mol. The van der Waals surface area contributed by atoms with Crippen LogP contribution < -0.4 is 0 Å². The summed E-state index contributed by atoms with van der Waals surface area (Å²) in [5.74, 6) is 0. The Morgan fingerprint density at radius 2 is 0.880 bits per heavy atom. The third-order valence-corrected chi connectivity index (χ3v) is 4.93. The summed E-state index contributed by atoms with van der Waals surface area (Å²) in [6.45, 7) is 4.74. The minimum Gasteiger partial charge on any atom is -0.325 e. The number of quaternary nitrogens is 2. The Bertz CT molecular complexity index is 547. The van der Waals surface area contributed by atoms with Crippen molar-refractivity contribution in [2.45, 2.75) is 32.4 Å². The molecule has 2 aromatic rings. The number of hydrogen-bond acceptors (Lipinski definition) is 0. The summed E-state index contributed by atoms with van der Waals surface area (Å²) in [5, 5.41) is 0. The van der Waals surface area contributed by atoms with Crippen molar-refractivity contribution in [1.29, 1.82) is 0 Å². The van der Waals surface area contributed by atoms with Crippen LogP contribution in [0.5, 0.6) is 0 Å². The Labute approximate surface area is 154 Å². The summed E-state index contributed by atoms with van der Waals surface area (Å²) in [7, 11) is 9.40. The highest BCUT2D eigenvalue weighted by atomic mass is 15.3. The quantitative estimate of drug-likeness (QED) is 0.434. The summed E-state index contributed by atoms with van der Waals surface area (Å²) < 4.78 is 2.15. The average molecular weight is 341 g/mol. The van der Waals surface area contributed by atoms with E-state index < -0.39 is 0 Å². The van der Waals surface area contributed by atoms with Crippen LogP contribution in [0.3, 0.4) is 0 Å². The lowest BCUT2D eigenvalue weighted by molar-refractivity contribution is -0.905. The summed E-state index contributed by atoms with van der Waals surface area (Å²) in [4.78, 5) is 0. The smallest absolute Gasteiger partial charge is 0.104 e. The molecule has 2 aromatic carbocycles. The van der Waals surface area contributed by atoms with E-state index >= 15 is 0 Å². The largest absolute Gasteiger partial charge is 0.325 e. The Hall–Kier alpha value is -1.64. The van der Waals surface area contributed by atoms with E-state index in [1.54, 1.807) is 0 Å². The van der Waals surface area contributed by atoms with Crippen molar-refractivity contribution in [3.8, 4) is 0 Å². The fourth-order valence-corrected chi connectivity index (χ4v) is 3.57. The highest BCUT2D eigenvalue weighted by Crippen LogP contribution is 2.14. The molecule has 0 amide bonds. The minimum atomic E-state index is 1.08. The van der Waals surface area contributed by atoms with Gasteiger partial charge in [0.15, 0.2) is 0 Å². The van der Waals surface area contributed by atoms with Crippen molar-refractivity contribution in [2.24, 2.45) is 0 Å². The lowest BCUT2D eigenvalue weighted by atomic mass is 10.1.